The van der Waals surface area contributed by atoms with Crippen molar-refractivity contribution in [2.45, 2.75) is 13.0 Å². The molecule has 2 heterocycles. The summed E-state index contributed by atoms with van der Waals surface area (Å²) in [7, 11) is 1.87. The Balaban J connectivity index is 1.96. The molecular weight excluding hydrogens is 248 g/mol. The van der Waals surface area contributed by atoms with Crippen LogP contribution in [0.2, 0.25) is 0 Å². The van der Waals surface area contributed by atoms with Gasteiger partial charge in [0, 0.05) is 23.9 Å². The lowest BCUT2D eigenvalue weighted by atomic mass is 10.1. The maximum Gasteiger partial charge on any atom is 0.226 e. The summed E-state index contributed by atoms with van der Waals surface area (Å²) >= 11 is 1.69. The third-order valence-corrected chi connectivity index (χ3v) is 4.13. The molecule has 5 heteroatoms. The van der Waals surface area contributed by atoms with Crippen molar-refractivity contribution in [1.29, 1.82) is 0 Å². The number of hydrogen-bond donors (Lipinski definition) is 1. The first-order valence-corrected chi connectivity index (χ1v) is 7.18. The van der Waals surface area contributed by atoms with Gasteiger partial charge < -0.3 is 15.0 Å². The van der Waals surface area contributed by atoms with E-state index in [1.165, 1.54) is 4.88 Å². The van der Waals surface area contributed by atoms with Gasteiger partial charge in [-0.1, -0.05) is 13.0 Å². The molecule has 2 unspecified atom stereocenters. The summed E-state index contributed by atoms with van der Waals surface area (Å²) in [6.07, 6.45) is 0.0458. The fraction of sp³-hybridized carbons (Fsp3) is 0.615. The van der Waals surface area contributed by atoms with Gasteiger partial charge in [0.1, 0.15) is 6.10 Å². The minimum atomic E-state index is 0.0251. The standard InChI is InChI=1S/C13H20N2O2S/c1-10(8-14-2)13(16)15-5-6-17-11(9-15)12-4-3-7-18-12/h3-4,7,10-11,14H,5-6,8-9H2,1-2H3. The fourth-order valence-corrected chi connectivity index (χ4v) is 2.97. The van der Waals surface area contributed by atoms with Crippen LogP contribution in [0, 0.1) is 5.92 Å². The molecule has 1 amide bonds. The lowest BCUT2D eigenvalue weighted by Gasteiger charge is -2.34. The molecule has 1 saturated heterocycles. The van der Waals surface area contributed by atoms with E-state index in [0.717, 1.165) is 6.54 Å². The van der Waals surface area contributed by atoms with Crippen LogP contribution in [-0.2, 0) is 9.53 Å². The van der Waals surface area contributed by atoms with Crippen LogP contribution in [0.1, 0.15) is 17.9 Å². The molecule has 2 rings (SSSR count). The van der Waals surface area contributed by atoms with Crippen molar-refractivity contribution in [3.8, 4) is 0 Å². The van der Waals surface area contributed by atoms with Crippen LogP contribution in [0.5, 0.6) is 0 Å². The molecule has 1 N–H and O–H groups in total. The van der Waals surface area contributed by atoms with E-state index in [9.17, 15) is 4.79 Å². The van der Waals surface area contributed by atoms with E-state index >= 15 is 0 Å². The Bertz CT molecular complexity index is 380. The molecule has 100 valence electrons. The van der Waals surface area contributed by atoms with Crippen molar-refractivity contribution in [2.24, 2.45) is 5.92 Å². The number of carbonyl (C=O) groups excluding carboxylic acids is 1. The number of rotatable bonds is 4. The van der Waals surface area contributed by atoms with Gasteiger partial charge in [-0.3, -0.25) is 4.79 Å². The zero-order valence-corrected chi connectivity index (χ0v) is 11.7. The lowest BCUT2D eigenvalue weighted by molar-refractivity contribution is -0.142. The van der Waals surface area contributed by atoms with Crippen molar-refractivity contribution in [2.75, 3.05) is 33.3 Å². The molecule has 0 bridgehead atoms. The van der Waals surface area contributed by atoms with Gasteiger partial charge in [-0.25, -0.2) is 0 Å². The number of hydrogen-bond acceptors (Lipinski definition) is 4. The van der Waals surface area contributed by atoms with Gasteiger partial charge in [0.25, 0.3) is 0 Å². The van der Waals surface area contributed by atoms with E-state index in [0.29, 0.717) is 19.7 Å². The quantitative estimate of drug-likeness (QED) is 0.900. The Kier molecular flexibility index (Phi) is 4.74. The molecular formula is C13H20N2O2S. The second-order valence-corrected chi connectivity index (χ2v) is 5.60. The Morgan fingerprint density at radius 3 is 3.22 bits per heavy atom. The summed E-state index contributed by atoms with van der Waals surface area (Å²) in [6.45, 7) is 4.69. The Hall–Kier alpha value is -0.910. The first kappa shape index (κ1) is 13.5. The molecule has 2 atom stereocenters. The van der Waals surface area contributed by atoms with Gasteiger partial charge in [0.15, 0.2) is 0 Å². The smallest absolute Gasteiger partial charge is 0.226 e. The van der Waals surface area contributed by atoms with Crippen LogP contribution >= 0.6 is 11.3 Å². The monoisotopic (exact) mass is 268 g/mol. The number of ether oxygens (including phenoxy) is 1. The van der Waals surface area contributed by atoms with E-state index in [1.54, 1.807) is 11.3 Å². The van der Waals surface area contributed by atoms with Crippen LogP contribution in [-0.4, -0.2) is 44.1 Å². The first-order chi connectivity index (χ1) is 8.72. The minimum Gasteiger partial charge on any atom is -0.369 e. The van der Waals surface area contributed by atoms with Gasteiger partial charge in [0.05, 0.1) is 13.2 Å². The van der Waals surface area contributed by atoms with Crippen molar-refractivity contribution < 1.29 is 9.53 Å². The highest BCUT2D eigenvalue weighted by atomic mass is 32.1. The van der Waals surface area contributed by atoms with Gasteiger partial charge in [-0.2, -0.15) is 0 Å². The zero-order chi connectivity index (χ0) is 13.0. The largest absolute Gasteiger partial charge is 0.369 e. The Morgan fingerprint density at radius 1 is 1.72 bits per heavy atom. The molecule has 0 saturated carbocycles. The second-order valence-electron chi connectivity index (χ2n) is 4.62. The highest BCUT2D eigenvalue weighted by Crippen LogP contribution is 2.26. The van der Waals surface area contributed by atoms with Crippen molar-refractivity contribution in [3.63, 3.8) is 0 Å². The van der Waals surface area contributed by atoms with Crippen molar-refractivity contribution in [1.82, 2.24) is 10.2 Å². The Morgan fingerprint density at radius 2 is 2.56 bits per heavy atom. The van der Waals surface area contributed by atoms with Crippen molar-refractivity contribution >= 4 is 17.2 Å². The highest BCUT2D eigenvalue weighted by Gasteiger charge is 2.28. The molecule has 1 aliphatic heterocycles. The third kappa shape index (κ3) is 3.10. The van der Waals surface area contributed by atoms with Crippen LogP contribution in [0.3, 0.4) is 0 Å². The first-order valence-electron chi connectivity index (χ1n) is 6.30. The topological polar surface area (TPSA) is 41.6 Å². The number of carbonyl (C=O) groups is 1. The summed E-state index contributed by atoms with van der Waals surface area (Å²) in [6, 6.07) is 4.09. The van der Waals surface area contributed by atoms with E-state index in [4.69, 9.17) is 4.74 Å². The van der Waals surface area contributed by atoms with Crippen LogP contribution in [0.15, 0.2) is 17.5 Å². The van der Waals surface area contributed by atoms with Crippen LogP contribution < -0.4 is 5.32 Å². The number of amides is 1. The van der Waals surface area contributed by atoms with E-state index < -0.39 is 0 Å². The van der Waals surface area contributed by atoms with Crippen LogP contribution in [0.4, 0.5) is 0 Å². The predicted molar refractivity (Wildman–Crippen MR) is 72.7 cm³/mol. The van der Waals surface area contributed by atoms with E-state index in [2.05, 4.69) is 11.4 Å². The van der Waals surface area contributed by atoms with Gasteiger partial charge in [0.2, 0.25) is 5.91 Å². The maximum absolute atomic E-state index is 12.2. The van der Waals surface area contributed by atoms with E-state index in [-0.39, 0.29) is 17.9 Å². The molecule has 1 fully saturated rings. The van der Waals surface area contributed by atoms with Gasteiger partial charge in [-0.05, 0) is 18.5 Å². The predicted octanol–water partition coefficient (Wildman–Crippen LogP) is 1.50. The normalized spacial score (nSPS) is 21.9. The summed E-state index contributed by atoms with van der Waals surface area (Å²) < 4.78 is 5.74. The summed E-state index contributed by atoms with van der Waals surface area (Å²) in [4.78, 5) is 15.4. The molecule has 0 radical (unpaired) electrons. The number of thiophene rings is 1. The van der Waals surface area contributed by atoms with Crippen LogP contribution in [0.25, 0.3) is 0 Å². The number of morpholine rings is 1. The average Bonchev–Trinajstić information content (AvgIpc) is 2.92. The summed E-state index contributed by atoms with van der Waals surface area (Å²) in [5.41, 5.74) is 0. The number of nitrogens with zero attached hydrogens (tertiary/aromatic N) is 1. The molecule has 1 aromatic heterocycles. The molecule has 0 aliphatic carbocycles. The maximum atomic E-state index is 12.2. The molecule has 0 spiro atoms. The molecule has 0 aromatic carbocycles. The molecule has 4 nitrogen and oxygen atoms in total. The average molecular weight is 268 g/mol. The third-order valence-electron chi connectivity index (χ3n) is 3.17. The van der Waals surface area contributed by atoms with E-state index in [1.807, 2.05) is 30.3 Å². The summed E-state index contributed by atoms with van der Waals surface area (Å²) in [5.74, 6) is 0.242. The minimum absolute atomic E-state index is 0.0251. The SMILES string of the molecule is CNCC(C)C(=O)N1CCOC(c2cccs2)C1. The number of nitrogens with one attached hydrogen (secondary N) is 1. The lowest BCUT2D eigenvalue weighted by Crippen LogP contribution is -2.45. The molecule has 1 aromatic rings. The van der Waals surface area contributed by atoms with Gasteiger partial charge >= 0.3 is 0 Å². The zero-order valence-electron chi connectivity index (χ0n) is 10.9. The Labute approximate surface area is 112 Å². The highest BCUT2D eigenvalue weighted by molar-refractivity contribution is 7.10. The second kappa shape index (κ2) is 6.31. The van der Waals surface area contributed by atoms with Gasteiger partial charge in [-0.15, -0.1) is 11.3 Å². The van der Waals surface area contributed by atoms with Crippen molar-refractivity contribution in [3.05, 3.63) is 22.4 Å². The fourth-order valence-electron chi connectivity index (χ4n) is 2.20. The summed E-state index contributed by atoms with van der Waals surface area (Å²) in [5, 5.41) is 5.09. The molecule has 1 aliphatic rings. The molecule has 18 heavy (non-hydrogen) atoms.